The van der Waals surface area contributed by atoms with Crippen LogP contribution in [0.3, 0.4) is 0 Å². The van der Waals surface area contributed by atoms with E-state index in [0.717, 1.165) is 43.1 Å². The molecular weight excluding hydrogens is 380 g/mol. The van der Waals surface area contributed by atoms with Gasteiger partial charge >= 0.3 is 0 Å². The van der Waals surface area contributed by atoms with Crippen molar-refractivity contribution in [3.63, 3.8) is 0 Å². The first-order valence-electron chi connectivity index (χ1n) is 10.1. The van der Waals surface area contributed by atoms with Crippen molar-refractivity contribution in [1.29, 1.82) is 5.53 Å². The molecule has 6 nitrogen and oxygen atoms in total. The quantitative estimate of drug-likeness (QED) is 0.364. The SMILES string of the molecule is CC(C)SNc1cccc(C2CCN(C/C(=C/Nc3ccccc3)N=N)CC2)n1. The lowest BCUT2D eigenvalue weighted by Crippen LogP contribution is -2.34. The van der Waals surface area contributed by atoms with Crippen molar-refractivity contribution in [3.05, 3.63) is 66.1 Å². The Balaban J connectivity index is 1.51. The Morgan fingerprint density at radius 2 is 1.97 bits per heavy atom. The molecule has 1 aromatic carbocycles. The van der Waals surface area contributed by atoms with Crippen molar-refractivity contribution in [3.8, 4) is 0 Å². The number of rotatable bonds is 9. The van der Waals surface area contributed by atoms with Crippen LogP contribution in [0.4, 0.5) is 11.5 Å². The van der Waals surface area contributed by atoms with Crippen molar-refractivity contribution < 1.29 is 0 Å². The number of hydrogen-bond acceptors (Lipinski definition) is 7. The van der Waals surface area contributed by atoms with Crippen LogP contribution in [0.2, 0.25) is 0 Å². The molecule has 0 radical (unpaired) electrons. The number of nitrogens with zero attached hydrogens (tertiary/aromatic N) is 3. The van der Waals surface area contributed by atoms with E-state index in [1.807, 2.05) is 42.6 Å². The maximum absolute atomic E-state index is 7.48. The summed E-state index contributed by atoms with van der Waals surface area (Å²) in [6.07, 6.45) is 3.98. The van der Waals surface area contributed by atoms with E-state index in [1.54, 1.807) is 11.9 Å². The zero-order valence-corrected chi connectivity index (χ0v) is 18.0. The maximum atomic E-state index is 7.48. The molecule has 1 aliphatic rings. The van der Waals surface area contributed by atoms with Gasteiger partial charge in [-0.2, -0.15) is 5.11 Å². The van der Waals surface area contributed by atoms with Gasteiger partial charge in [0.05, 0.1) is 5.70 Å². The molecule has 2 aromatic rings. The Morgan fingerprint density at radius 3 is 2.66 bits per heavy atom. The molecule has 1 fully saturated rings. The van der Waals surface area contributed by atoms with E-state index < -0.39 is 0 Å². The lowest BCUT2D eigenvalue weighted by molar-refractivity contribution is 0.225. The molecule has 1 aliphatic heterocycles. The lowest BCUT2D eigenvalue weighted by atomic mass is 9.93. The summed E-state index contributed by atoms with van der Waals surface area (Å²) in [6, 6.07) is 16.2. The molecule has 0 amide bonds. The van der Waals surface area contributed by atoms with E-state index in [4.69, 9.17) is 10.5 Å². The van der Waals surface area contributed by atoms with E-state index in [9.17, 15) is 0 Å². The Morgan fingerprint density at radius 1 is 1.21 bits per heavy atom. The number of aromatic nitrogens is 1. The fraction of sp³-hybridized carbons (Fsp3) is 0.409. The van der Waals surface area contributed by atoms with Gasteiger partial charge in [-0.3, -0.25) is 4.90 Å². The highest BCUT2D eigenvalue weighted by atomic mass is 32.2. The van der Waals surface area contributed by atoms with Gasteiger partial charge in [0, 0.05) is 35.3 Å². The minimum Gasteiger partial charge on any atom is -0.360 e. The van der Waals surface area contributed by atoms with E-state index >= 15 is 0 Å². The number of likely N-dealkylation sites (tertiary alicyclic amines) is 1. The third-order valence-electron chi connectivity index (χ3n) is 4.88. The van der Waals surface area contributed by atoms with Crippen LogP contribution >= 0.6 is 11.9 Å². The predicted molar refractivity (Wildman–Crippen MR) is 122 cm³/mol. The summed E-state index contributed by atoms with van der Waals surface area (Å²) >= 11 is 1.69. The highest BCUT2D eigenvalue weighted by Crippen LogP contribution is 2.28. The lowest BCUT2D eigenvalue weighted by Gasteiger charge is -2.31. The number of anilines is 2. The Bertz CT molecular complexity index is 800. The van der Waals surface area contributed by atoms with Gasteiger partial charge in [-0.15, -0.1) is 0 Å². The molecule has 0 unspecified atom stereocenters. The number of nitrogens with one attached hydrogen (secondary N) is 3. The molecule has 0 atom stereocenters. The van der Waals surface area contributed by atoms with Gasteiger partial charge < -0.3 is 10.0 Å². The number of hydrogen-bond donors (Lipinski definition) is 3. The van der Waals surface area contributed by atoms with E-state index in [0.29, 0.717) is 17.7 Å². The maximum Gasteiger partial charge on any atom is 0.136 e. The summed E-state index contributed by atoms with van der Waals surface area (Å²) < 4.78 is 3.34. The summed E-state index contributed by atoms with van der Waals surface area (Å²) in [4.78, 5) is 7.18. The van der Waals surface area contributed by atoms with Crippen molar-refractivity contribution in [1.82, 2.24) is 9.88 Å². The molecule has 29 heavy (non-hydrogen) atoms. The number of pyridine rings is 1. The third-order valence-corrected chi connectivity index (χ3v) is 5.68. The molecule has 2 heterocycles. The third kappa shape index (κ3) is 6.87. The van der Waals surface area contributed by atoms with Crippen molar-refractivity contribution in [2.24, 2.45) is 5.11 Å². The summed E-state index contributed by atoms with van der Waals surface area (Å²) in [6.45, 7) is 7.00. The van der Waals surface area contributed by atoms with Gasteiger partial charge in [0.15, 0.2) is 0 Å². The second-order valence-electron chi connectivity index (χ2n) is 7.52. The Hall–Kier alpha value is -2.38. The molecule has 7 heteroatoms. The van der Waals surface area contributed by atoms with Crippen LogP contribution in [0.5, 0.6) is 0 Å². The van der Waals surface area contributed by atoms with E-state index in [-0.39, 0.29) is 0 Å². The zero-order chi connectivity index (χ0) is 20.5. The minimum atomic E-state index is 0.486. The van der Waals surface area contributed by atoms with Crippen LogP contribution in [-0.2, 0) is 0 Å². The first kappa shape index (κ1) is 21.3. The molecule has 0 spiro atoms. The fourth-order valence-electron chi connectivity index (χ4n) is 3.34. The first-order chi connectivity index (χ1) is 14.1. The molecule has 0 bridgehead atoms. The normalized spacial score (nSPS) is 16.0. The molecule has 3 N–H and O–H groups in total. The van der Waals surface area contributed by atoms with E-state index in [1.165, 1.54) is 5.69 Å². The molecule has 0 saturated carbocycles. The van der Waals surface area contributed by atoms with E-state index in [2.05, 4.69) is 46.0 Å². The standard InChI is InChI=1S/C22H30N6S/c1-17(2)29-27-22-10-6-9-21(25-22)18-11-13-28(14-12-18)16-20(26-23)15-24-19-7-4-3-5-8-19/h3-10,15,17-18,23-24H,11-14,16H2,1-2H3,(H,25,27)/b20-15-,26-23?. The van der Waals surface area contributed by atoms with Crippen LogP contribution in [0.25, 0.3) is 0 Å². The predicted octanol–water partition coefficient (Wildman–Crippen LogP) is 5.71. The van der Waals surface area contributed by atoms with Crippen LogP contribution in [0, 0.1) is 5.53 Å². The average molecular weight is 411 g/mol. The molecular formula is C22H30N6S. The van der Waals surface area contributed by atoms with Crippen molar-refractivity contribution in [2.75, 3.05) is 29.7 Å². The van der Waals surface area contributed by atoms with Crippen LogP contribution < -0.4 is 10.0 Å². The molecule has 0 aliphatic carbocycles. The van der Waals surface area contributed by atoms with Gasteiger partial charge in [-0.25, -0.2) is 10.5 Å². The summed E-state index contributed by atoms with van der Waals surface area (Å²) in [7, 11) is 0. The van der Waals surface area contributed by atoms with Crippen LogP contribution in [0.15, 0.2) is 65.5 Å². The summed E-state index contributed by atoms with van der Waals surface area (Å²) in [5, 5.41) is 7.45. The monoisotopic (exact) mass is 410 g/mol. The highest BCUT2D eigenvalue weighted by molar-refractivity contribution is 8.01. The second kappa shape index (κ2) is 11.0. The number of para-hydroxylation sites is 1. The summed E-state index contributed by atoms with van der Waals surface area (Å²) in [5.41, 5.74) is 10.4. The highest BCUT2D eigenvalue weighted by Gasteiger charge is 2.22. The molecule has 1 aromatic heterocycles. The first-order valence-corrected chi connectivity index (χ1v) is 11.0. The van der Waals surface area contributed by atoms with Gasteiger partial charge in [-0.05, 0) is 62.1 Å². The fourth-order valence-corrected chi connectivity index (χ4v) is 3.81. The Labute approximate surface area is 177 Å². The van der Waals surface area contributed by atoms with Gasteiger partial charge in [0.25, 0.3) is 0 Å². The van der Waals surface area contributed by atoms with Crippen molar-refractivity contribution >= 4 is 23.5 Å². The molecule has 3 rings (SSSR count). The van der Waals surface area contributed by atoms with Gasteiger partial charge in [0.1, 0.15) is 5.82 Å². The van der Waals surface area contributed by atoms with Gasteiger partial charge in [-0.1, -0.05) is 38.1 Å². The topological polar surface area (TPSA) is 76.4 Å². The smallest absolute Gasteiger partial charge is 0.136 e. The number of piperidine rings is 1. The van der Waals surface area contributed by atoms with Crippen LogP contribution in [0.1, 0.15) is 38.3 Å². The minimum absolute atomic E-state index is 0.486. The van der Waals surface area contributed by atoms with Crippen LogP contribution in [-0.4, -0.2) is 34.8 Å². The largest absolute Gasteiger partial charge is 0.360 e. The zero-order valence-electron chi connectivity index (χ0n) is 17.1. The Kier molecular flexibility index (Phi) is 8.07. The molecule has 1 saturated heterocycles. The van der Waals surface area contributed by atoms with Crippen molar-refractivity contribution in [2.45, 2.75) is 37.9 Å². The molecule has 154 valence electrons. The average Bonchev–Trinajstić information content (AvgIpc) is 2.76. The second-order valence-corrected chi connectivity index (χ2v) is 8.91. The summed E-state index contributed by atoms with van der Waals surface area (Å²) in [5.74, 6) is 1.42. The van der Waals surface area contributed by atoms with Gasteiger partial charge in [0.2, 0.25) is 0 Å². The number of benzene rings is 1.